The van der Waals surface area contributed by atoms with Gasteiger partial charge in [-0.3, -0.25) is 5.84 Å². The maximum Gasteiger partial charge on any atom is 0.416 e. The van der Waals surface area contributed by atoms with E-state index >= 15 is 0 Å². The van der Waals surface area contributed by atoms with E-state index in [9.17, 15) is 13.2 Å². The number of halogens is 4. The zero-order valence-electron chi connectivity index (χ0n) is 11.2. The highest BCUT2D eigenvalue weighted by Gasteiger charge is 2.31. The Hall–Kier alpha value is -1.56. The van der Waals surface area contributed by atoms with Crippen LogP contribution in [-0.2, 0) is 6.18 Å². The van der Waals surface area contributed by atoms with E-state index in [1.807, 2.05) is 6.92 Å². The molecule has 3 N–H and O–H groups in total. The molecule has 6 heteroatoms. The Labute approximate surface area is 125 Å². The van der Waals surface area contributed by atoms with Crippen LogP contribution in [0.2, 0.25) is 5.02 Å². The summed E-state index contributed by atoms with van der Waals surface area (Å²) in [6, 6.07) is 9.78. The molecule has 112 valence electrons. The molecule has 2 aromatic rings. The Morgan fingerprint density at radius 1 is 1.10 bits per heavy atom. The lowest BCUT2D eigenvalue weighted by molar-refractivity contribution is -0.137. The summed E-state index contributed by atoms with van der Waals surface area (Å²) in [7, 11) is 0. The molecule has 21 heavy (non-hydrogen) atoms. The third-order valence-corrected chi connectivity index (χ3v) is 3.65. The fraction of sp³-hybridized carbons (Fsp3) is 0.200. The van der Waals surface area contributed by atoms with Gasteiger partial charge >= 0.3 is 6.18 Å². The van der Waals surface area contributed by atoms with Crippen LogP contribution in [0.4, 0.5) is 13.2 Å². The number of nitrogens with one attached hydrogen (secondary N) is 1. The van der Waals surface area contributed by atoms with Crippen LogP contribution in [0.1, 0.15) is 28.3 Å². The lowest BCUT2D eigenvalue weighted by Gasteiger charge is -2.19. The van der Waals surface area contributed by atoms with Crippen LogP contribution in [-0.4, -0.2) is 0 Å². The van der Waals surface area contributed by atoms with Gasteiger partial charge in [0.25, 0.3) is 0 Å². The van der Waals surface area contributed by atoms with Gasteiger partial charge in [-0.05, 0) is 41.8 Å². The molecule has 2 aromatic carbocycles. The highest BCUT2D eigenvalue weighted by Crippen LogP contribution is 2.32. The first-order chi connectivity index (χ1) is 9.82. The van der Waals surface area contributed by atoms with Gasteiger partial charge in [-0.2, -0.15) is 13.2 Å². The molecule has 1 atom stereocenters. The van der Waals surface area contributed by atoms with Gasteiger partial charge in [-0.15, -0.1) is 0 Å². The molecule has 0 bridgehead atoms. The number of benzene rings is 2. The van der Waals surface area contributed by atoms with Crippen LogP contribution in [0.5, 0.6) is 0 Å². The van der Waals surface area contributed by atoms with Crippen LogP contribution in [0.15, 0.2) is 42.5 Å². The molecule has 2 nitrogen and oxygen atoms in total. The van der Waals surface area contributed by atoms with Gasteiger partial charge < -0.3 is 0 Å². The second-order valence-electron chi connectivity index (χ2n) is 4.73. The number of aryl methyl sites for hydroxylation is 1. The highest BCUT2D eigenvalue weighted by molar-refractivity contribution is 6.31. The van der Waals surface area contributed by atoms with Crippen LogP contribution < -0.4 is 11.3 Å². The third kappa shape index (κ3) is 3.56. The molecule has 0 heterocycles. The van der Waals surface area contributed by atoms with Crippen LogP contribution in [0.3, 0.4) is 0 Å². The van der Waals surface area contributed by atoms with Crippen molar-refractivity contribution in [1.82, 2.24) is 5.43 Å². The molecule has 0 aliphatic carbocycles. The normalized spacial score (nSPS) is 13.2. The lowest BCUT2D eigenvalue weighted by Crippen LogP contribution is -2.29. The second kappa shape index (κ2) is 6.05. The summed E-state index contributed by atoms with van der Waals surface area (Å²) in [6.07, 6.45) is -4.39. The van der Waals surface area contributed by atoms with Crippen molar-refractivity contribution in [2.24, 2.45) is 5.84 Å². The minimum Gasteiger partial charge on any atom is -0.271 e. The molecule has 0 radical (unpaired) electrons. The van der Waals surface area contributed by atoms with Crippen molar-refractivity contribution in [1.29, 1.82) is 0 Å². The standard InChI is InChI=1S/C15H14ClF3N2/c1-9-5-6-11(8-13(9)16)14(21-20)10-3-2-4-12(7-10)15(17,18)19/h2-8,14,21H,20H2,1H3. The molecule has 0 spiro atoms. The Bertz CT molecular complexity index is 641. The molecule has 0 fully saturated rings. The topological polar surface area (TPSA) is 38.0 Å². The Morgan fingerprint density at radius 2 is 1.76 bits per heavy atom. The molecule has 0 aliphatic heterocycles. The maximum atomic E-state index is 12.8. The van der Waals surface area contributed by atoms with Crippen molar-refractivity contribution in [2.75, 3.05) is 0 Å². The summed E-state index contributed by atoms with van der Waals surface area (Å²) in [4.78, 5) is 0. The number of hydrogen-bond donors (Lipinski definition) is 2. The summed E-state index contributed by atoms with van der Waals surface area (Å²) in [5, 5.41) is 0.541. The monoisotopic (exact) mass is 314 g/mol. The molecule has 0 amide bonds. The molecule has 0 aromatic heterocycles. The molecule has 2 rings (SSSR count). The number of hydrazine groups is 1. The lowest BCUT2D eigenvalue weighted by atomic mass is 9.97. The minimum absolute atomic E-state index is 0.423. The van der Waals surface area contributed by atoms with Gasteiger partial charge in [-0.1, -0.05) is 35.9 Å². The summed E-state index contributed by atoms with van der Waals surface area (Å²) < 4.78 is 38.3. The van der Waals surface area contributed by atoms with Crippen LogP contribution in [0.25, 0.3) is 0 Å². The highest BCUT2D eigenvalue weighted by atomic mass is 35.5. The number of nitrogens with two attached hydrogens (primary N) is 1. The van der Waals surface area contributed by atoms with Gasteiger partial charge in [-0.25, -0.2) is 5.43 Å². The largest absolute Gasteiger partial charge is 0.416 e. The van der Waals surface area contributed by atoms with E-state index in [1.165, 1.54) is 6.07 Å². The molecule has 0 aliphatic rings. The number of rotatable bonds is 3. The first kappa shape index (κ1) is 15.8. The van der Waals surface area contributed by atoms with Crippen molar-refractivity contribution in [2.45, 2.75) is 19.1 Å². The average Bonchev–Trinajstić information content (AvgIpc) is 2.43. The smallest absolute Gasteiger partial charge is 0.271 e. The van der Waals surface area contributed by atoms with Gasteiger partial charge in [0.15, 0.2) is 0 Å². The minimum atomic E-state index is -4.39. The first-order valence-electron chi connectivity index (χ1n) is 6.22. The van der Waals surface area contributed by atoms with Gasteiger partial charge in [0.2, 0.25) is 0 Å². The van der Waals surface area contributed by atoms with E-state index < -0.39 is 17.8 Å². The summed E-state index contributed by atoms with van der Waals surface area (Å²) >= 11 is 6.06. The third-order valence-electron chi connectivity index (χ3n) is 3.24. The molecule has 0 saturated carbocycles. The SMILES string of the molecule is Cc1ccc(C(NN)c2cccc(C(F)(F)F)c2)cc1Cl. The molecular weight excluding hydrogens is 301 g/mol. The van der Waals surface area contributed by atoms with Gasteiger partial charge in [0.05, 0.1) is 11.6 Å². The zero-order valence-corrected chi connectivity index (χ0v) is 12.0. The Morgan fingerprint density at radius 3 is 2.33 bits per heavy atom. The fourth-order valence-corrected chi connectivity index (χ4v) is 2.26. The van der Waals surface area contributed by atoms with Crippen LogP contribution in [0, 0.1) is 6.92 Å². The predicted octanol–water partition coefficient (Wildman–Crippen LogP) is 4.22. The van der Waals surface area contributed by atoms with E-state index in [4.69, 9.17) is 17.4 Å². The van der Waals surface area contributed by atoms with Gasteiger partial charge in [0, 0.05) is 5.02 Å². The number of hydrogen-bond acceptors (Lipinski definition) is 2. The van der Waals surface area contributed by atoms with E-state index in [-0.39, 0.29) is 0 Å². The summed E-state index contributed by atoms with van der Waals surface area (Å²) in [5.74, 6) is 5.51. The Kier molecular flexibility index (Phi) is 4.56. The molecule has 1 unspecified atom stereocenters. The molecular formula is C15H14ClF3N2. The fourth-order valence-electron chi connectivity index (χ4n) is 2.07. The van der Waals surface area contributed by atoms with Gasteiger partial charge in [0.1, 0.15) is 0 Å². The van der Waals surface area contributed by atoms with Crippen molar-refractivity contribution >= 4 is 11.6 Å². The number of alkyl halides is 3. The van der Waals surface area contributed by atoms with E-state index in [0.717, 1.165) is 17.7 Å². The predicted molar refractivity (Wildman–Crippen MR) is 76.8 cm³/mol. The van der Waals surface area contributed by atoms with E-state index in [1.54, 1.807) is 24.3 Å². The molecule has 0 saturated heterocycles. The van der Waals surface area contributed by atoms with Crippen molar-refractivity contribution < 1.29 is 13.2 Å². The van der Waals surface area contributed by atoms with Crippen molar-refractivity contribution in [3.05, 3.63) is 69.7 Å². The second-order valence-corrected chi connectivity index (χ2v) is 5.14. The average molecular weight is 315 g/mol. The Balaban J connectivity index is 2.44. The first-order valence-corrected chi connectivity index (χ1v) is 6.60. The maximum absolute atomic E-state index is 12.8. The quantitative estimate of drug-likeness (QED) is 0.657. The van der Waals surface area contributed by atoms with Crippen LogP contribution >= 0.6 is 11.6 Å². The zero-order chi connectivity index (χ0) is 15.6. The van der Waals surface area contributed by atoms with E-state index in [0.29, 0.717) is 16.1 Å². The summed E-state index contributed by atoms with van der Waals surface area (Å²) in [5.41, 5.74) is 3.84. The van der Waals surface area contributed by atoms with Crippen molar-refractivity contribution in [3.8, 4) is 0 Å². The van der Waals surface area contributed by atoms with Crippen molar-refractivity contribution in [3.63, 3.8) is 0 Å². The summed E-state index contributed by atoms with van der Waals surface area (Å²) in [6.45, 7) is 1.85. The van der Waals surface area contributed by atoms with E-state index in [2.05, 4.69) is 5.43 Å².